The molecular weight excluding hydrogens is 590 g/mol. The number of anilines is 1. The zero-order chi connectivity index (χ0) is 29.8. The number of benzene rings is 3. The molecule has 0 unspecified atom stereocenters. The van der Waals surface area contributed by atoms with Crippen molar-refractivity contribution in [3.63, 3.8) is 0 Å². The largest absolute Gasteiger partial charge is 0.495 e. The van der Waals surface area contributed by atoms with Gasteiger partial charge in [-0.3, -0.25) is 9.10 Å². The highest BCUT2D eigenvalue weighted by molar-refractivity contribution is 7.93. The van der Waals surface area contributed by atoms with Gasteiger partial charge >= 0.3 is 0 Å². The van der Waals surface area contributed by atoms with Gasteiger partial charge in [0.05, 0.1) is 30.9 Å². The van der Waals surface area contributed by atoms with Crippen LogP contribution in [0.5, 0.6) is 5.75 Å². The Hall–Kier alpha value is -3.16. The number of carbonyl (C=O) groups is 1. The monoisotopic (exact) mass is 621 g/mol. The molecule has 0 saturated carbocycles. The van der Waals surface area contributed by atoms with Crippen molar-refractivity contribution in [2.24, 2.45) is 0 Å². The average molecular weight is 622 g/mol. The fraction of sp³-hybridized carbons (Fsp3) is 0.321. The van der Waals surface area contributed by atoms with Gasteiger partial charge in [0.1, 0.15) is 17.2 Å². The molecule has 4 rings (SSSR count). The number of methoxy groups -OCH3 is 1. The van der Waals surface area contributed by atoms with Gasteiger partial charge in [0, 0.05) is 24.7 Å². The van der Waals surface area contributed by atoms with Gasteiger partial charge in [0.2, 0.25) is 15.9 Å². The lowest BCUT2D eigenvalue weighted by atomic mass is 10.2. The van der Waals surface area contributed by atoms with E-state index in [1.54, 1.807) is 50.2 Å². The van der Waals surface area contributed by atoms with E-state index in [1.165, 1.54) is 35.7 Å². The number of rotatable bonds is 10. The molecule has 41 heavy (non-hydrogen) atoms. The van der Waals surface area contributed by atoms with Crippen molar-refractivity contribution in [1.82, 2.24) is 9.62 Å². The lowest BCUT2D eigenvalue weighted by Crippen LogP contribution is -2.41. The summed E-state index contributed by atoms with van der Waals surface area (Å²) in [7, 11) is -6.52. The van der Waals surface area contributed by atoms with Gasteiger partial charge in [-0.15, -0.1) is 0 Å². The molecule has 1 aliphatic rings. The maximum absolute atomic E-state index is 13.9. The van der Waals surface area contributed by atoms with Gasteiger partial charge in [-0.25, -0.2) is 16.8 Å². The predicted molar refractivity (Wildman–Crippen MR) is 156 cm³/mol. The fourth-order valence-electron chi connectivity index (χ4n) is 4.26. The van der Waals surface area contributed by atoms with Crippen LogP contribution in [-0.2, 0) is 36.1 Å². The molecule has 0 atom stereocenters. The number of hydrogen-bond acceptors (Lipinski definition) is 7. The molecule has 1 amide bonds. The van der Waals surface area contributed by atoms with Crippen molar-refractivity contribution >= 4 is 43.2 Å². The van der Waals surface area contributed by atoms with Crippen molar-refractivity contribution in [2.75, 3.05) is 44.3 Å². The minimum Gasteiger partial charge on any atom is -0.495 e. The van der Waals surface area contributed by atoms with Crippen LogP contribution in [0.4, 0.5) is 5.69 Å². The van der Waals surface area contributed by atoms with E-state index < -0.39 is 32.5 Å². The maximum atomic E-state index is 13.9. The van der Waals surface area contributed by atoms with Crippen LogP contribution in [0.15, 0.2) is 70.5 Å². The van der Waals surface area contributed by atoms with Gasteiger partial charge in [0.15, 0.2) is 0 Å². The Labute approximate surface area is 245 Å². The number of hydrogen-bond donors (Lipinski definition) is 1. The molecule has 220 valence electrons. The van der Waals surface area contributed by atoms with E-state index in [9.17, 15) is 21.6 Å². The Morgan fingerprint density at radius 1 is 1.00 bits per heavy atom. The number of halogens is 1. The number of nitrogens with zero attached hydrogens (tertiary/aromatic N) is 2. The van der Waals surface area contributed by atoms with Gasteiger partial charge in [0.25, 0.3) is 10.0 Å². The molecule has 0 aliphatic carbocycles. The lowest BCUT2D eigenvalue weighted by Gasteiger charge is -2.26. The van der Waals surface area contributed by atoms with Crippen LogP contribution >= 0.6 is 11.6 Å². The van der Waals surface area contributed by atoms with E-state index in [2.05, 4.69) is 5.32 Å². The summed E-state index contributed by atoms with van der Waals surface area (Å²) in [5.74, 6) is -0.423. The van der Waals surface area contributed by atoms with Crippen LogP contribution in [0.3, 0.4) is 0 Å². The molecule has 10 nitrogen and oxygen atoms in total. The van der Waals surface area contributed by atoms with Crippen molar-refractivity contribution in [1.29, 1.82) is 0 Å². The number of morpholine rings is 1. The summed E-state index contributed by atoms with van der Waals surface area (Å²) in [6.45, 7) is 4.37. The van der Waals surface area contributed by atoms with Crippen molar-refractivity contribution < 1.29 is 31.1 Å². The van der Waals surface area contributed by atoms with Crippen LogP contribution < -0.4 is 14.4 Å². The highest BCUT2D eigenvalue weighted by Crippen LogP contribution is 2.32. The van der Waals surface area contributed by atoms with Crippen molar-refractivity contribution in [3.05, 3.63) is 82.4 Å². The third-order valence-electron chi connectivity index (χ3n) is 6.64. The Bertz CT molecular complexity index is 1620. The Morgan fingerprint density at radius 3 is 2.32 bits per heavy atom. The van der Waals surface area contributed by atoms with Crippen LogP contribution in [0.1, 0.15) is 16.7 Å². The molecule has 0 aromatic heterocycles. The summed E-state index contributed by atoms with van der Waals surface area (Å²) in [6.07, 6.45) is 0. The van der Waals surface area contributed by atoms with Crippen molar-refractivity contribution in [3.8, 4) is 5.75 Å². The van der Waals surface area contributed by atoms with E-state index in [4.69, 9.17) is 21.1 Å². The summed E-state index contributed by atoms with van der Waals surface area (Å²) in [5.41, 5.74) is 2.32. The average Bonchev–Trinajstić information content (AvgIpc) is 2.97. The second-order valence-electron chi connectivity index (χ2n) is 9.54. The van der Waals surface area contributed by atoms with Crippen LogP contribution in [0.2, 0.25) is 5.02 Å². The third kappa shape index (κ3) is 7.02. The number of nitrogens with one attached hydrogen (secondary N) is 1. The zero-order valence-electron chi connectivity index (χ0n) is 23.0. The lowest BCUT2D eigenvalue weighted by molar-refractivity contribution is -0.119. The Kier molecular flexibility index (Phi) is 9.60. The second-order valence-corrected chi connectivity index (χ2v) is 13.7. The predicted octanol–water partition coefficient (Wildman–Crippen LogP) is 3.50. The summed E-state index contributed by atoms with van der Waals surface area (Å²) >= 11 is 6.31. The van der Waals surface area contributed by atoms with Gasteiger partial charge < -0.3 is 14.8 Å². The Balaban J connectivity index is 1.54. The minimum atomic E-state index is -4.25. The smallest absolute Gasteiger partial charge is 0.268 e. The summed E-state index contributed by atoms with van der Waals surface area (Å²) in [6, 6.07) is 15.7. The number of ether oxygens (including phenoxy) is 2. The molecule has 0 spiro atoms. The number of amides is 1. The van der Waals surface area contributed by atoms with Gasteiger partial charge in [-0.1, -0.05) is 35.9 Å². The first kappa shape index (κ1) is 30.8. The highest BCUT2D eigenvalue weighted by Gasteiger charge is 2.31. The van der Waals surface area contributed by atoms with Crippen molar-refractivity contribution in [2.45, 2.75) is 30.2 Å². The standard InChI is InChI=1S/C28H32ClN3O7S2/c1-20-4-11-26(38-3)27(16-20)41(36,37)32(23-8-5-21(2)25(29)17-23)19-28(33)30-18-22-6-9-24(10-7-22)40(34,35)31-12-14-39-15-13-31/h4-11,16-17H,12-15,18-19H2,1-3H3,(H,30,33). The topological polar surface area (TPSA) is 122 Å². The fourth-order valence-corrected chi connectivity index (χ4v) is 7.50. The molecule has 0 bridgehead atoms. The molecule has 1 heterocycles. The zero-order valence-corrected chi connectivity index (χ0v) is 25.4. The minimum absolute atomic E-state index is 0.0625. The van der Waals surface area contributed by atoms with E-state index in [0.29, 0.717) is 42.5 Å². The Morgan fingerprint density at radius 2 is 1.68 bits per heavy atom. The normalized spacial score (nSPS) is 14.4. The van der Waals surface area contributed by atoms with E-state index in [-0.39, 0.29) is 27.8 Å². The number of aryl methyl sites for hydroxylation is 2. The first-order valence-electron chi connectivity index (χ1n) is 12.8. The second kappa shape index (κ2) is 12.8. The highest BCUT2D eigenvalue weighted by atomic mass is 35.5. The quantitative estimate of drug-likeness (QED) is 0.368. The third-order valence-corrected chi connectivity index (χ3v) is 10.8. The summed E-state index contributed by atoms with van der Waals surface area (Å²) < 4.78 is 66.4. The summed E-state index contributed by atoms with van der Waals surface area (Å²) in [5, 5.41) is 3.08. The van der Waals surface area contributed by atoms with Gasteiger partial charge in [-0.2, -0.15) is 4.31 Å². The van der Waals surface area contributed by atoms with Gasteiger partial charge in [-0.05, 0) is 66.9 Å². The molecule has 0 radical (unpaired) electrons. The molecule has 13 heteroatoms. The molecule has 1 fully saturated rings. The summed E-state index contributed by atoms with van der Waals surface area (Å²) in [4.78, 5) is 13.2. The molecule has 3 aromatic rings. The maximum Gasteiger partial charge on any atom is 0.268 e. The molecular formula is C28H32ClN3O7S2. The first-order valence-corrected chi connectivity index (χ1v) is 16.1. The van der Waals surface area contributed by atoms with E-state index in [1.807, 2.05) is 0 Å². The molecule has 1 aliphatic heterocycles. The van der Waals surface area contributed by atoms with Crippen LogP contribution in [0, 0.1) is 13.8 Å². The first-order chi connectivity index (χ1) is 19.4. The van der Waals surface area contributed by atoms with Crippen LogP contribution in [0.25, 0.3) is 0 Å². The van der Waals surface area contributed by atoms with E-state index in [0.717, 1.165) is 9.87 Å². The number of sulfonamides is 2. The molecule has 1 N–H and O–H groups in total. The number of carbonyl (C=O) groups excluding carboxylic acids is 1. The molecule has 3 aromatic carbocycles. The van der Waals surface area contributed by atoms with E-state index >= 15 is 0 Å². The van der Waals surface area contributed by atoms with Crippen LogP contribution in [-0.4, -0.2) is 67.0 Å². The molecule has 1 saturated heterocycles. The SMILES string of the molecule is COc1ccc(C)cc1S(=O)(=O)N(CC(=O)NCc1ccc(S(=O)(=O)N2CCOCC2)cc1)c1ccc(C)c(Cl)c1.